The molecule has 0 aliphatic carbocycles. The van der Waals surface area contributed by atoms with Gasteiger partial charge in [-0.3, -0.25) is 4.79 Å². The van der Waals surface area contributed by atoms with Crippen molar-refractivity contribution in [1.29, 1.82) is 0 Å². The second kappa shape index (κ2) is 6.55. The zero-order valence-corrected chi connectivity index (χ0v) is 15.4. The Bertz CT molecular complexity index is 877. The van der Waals surface area contributed by atoms with Crippen molar-refractivity contribution in [3.8, 4) is 0 Å². The van der Waals surface area contributed by atoms with Gasteiger partial charge in [0.05, 0.1) is 4.90 Å². The van der Waals surface area contributed by atoms with Crippen LogP contribution in [-0.4, -0.2) is 42.7 Å². The maximum absolute atomic E-state index is 13.0. The van der Waals surface area contributed by atoms with Crippen molar-refractivity contribution in [1.82, 2.24) is 9.21 Å². The summed E-state index contributed by atoms with van der Waals surface area (Å²) in [6.07, 6.45) is 2.18. The maximum atomic E-state index is 13.0. The third-order valence-electron chi connectivity index (χ3n) is 4.96. The normalized spacial score (nSPS) is 21.3. The first kappa shape index (κ1) is 16.8. The number of sulfonamides is 1. The Morgan fingerprint density at radius 3 is 2.72 bits per heavy atom. The lowest BCUT2D eigenvalue weighted by Gasteiger charge is -2.32. The molecule has 0 spiro atoms. The first-order chi connectivity index (χ1) is 12.1. The minimum Gasteiger partial charge on any atom is -0.337 e. The average Bonchev–Trinajstić information content (AvgIpc) is 3.30. The molecule has 2 aliphatic heterocycles. The monoisotopic (exact) mass is 376 g/mol. The average molecular weight is 377 g/mol. The van der Waals surface area contributed by atoms with Gasteiger partial charge in [0.2, 0.25) is 15.9 Å². The van der Waals surface area contributed by atoms with Gasteiger partial charge in [0.15, 0.2) is 0 Å². The van der Waals surface area contributed by atoms with Crippen LogP contribution in [0.2, 0.25) is 0 Å². The van der Waals surface area contributed by atoms with E-state index in [4.69, 9.17) is 0 Å². The van der Waals surface area contributed by atoms with E-state index in [1.54, 1.807) is 41.7 Å². The standard InChI is InChI=1S/C18H20N2O3S2/c21-18(19-11-8-17-14(13-19)9-12-24-17)16-7-4-10-20(16)25(22,23)15-5-2-1-3-6-15/h1-3,5-6,9,12,16H,4,7-8,10-11,13H2/t16-/m1/s1. The van der Waals surface area contributed by atoms with Gasteiger partial charge in [-0.1, -0.05) is 18.2 Å². The van der Waals surface area contributed by atoms with Gasteiger partial charge in [-0.15, -0.1) is 11.3 Å². The second-order valence-corrected chi connectivity index (χ2v) is 9.36. The molecular formula is C18H20N2O3S2. The predicted molar refractivity (Wildman–Crippen MR) is 96.8 cm³/mol. The Labute approximate surface area is 151 Å². The number of thiophene rings is 1. The summed E-state index contributed by atoms with van der Waals surface area (Å²) in [5, 5.41) is 2.06. The first-order valence-corrected chi connectivity index (χ1v) is 10.8. The van der Waals surface area contributed by atoms with Crippen LogP contribution in [0.4, 0.5) is 0 Å². The molecule has 0 N–H and O–H groups in total. The van der Waals surface area contributed by atoms with Crippen LogP contribution in [0.3, 0.4) is 0 Å². The molecule has 1 aromatic heterocycles. The molecule has 1 atom stereocenters. The van der Waals surface area contributed by atoms with Gasteiger partial charge in [-0.25, -0.2) is 8.42 Å². The Morgan fingerprint density at radius 1 is 1.12 bits per heavy atom. The molecule has 3 heterocycles. The highest BCUT2D eigenvalue weighted by molar-refractivity contribution is 7.89. The molecule has 2 aliphatic rings. The second-order valence-electron chi connectivity index (χ2n) is 6.47. The molecule has 2 aromatic rings. The van der Waals surface area contributed by atoms with Crippen molar-refractivity contribution in [2.75, 3.05) is 13.1 Å². The molecule has 132 valence electrons. The number of hydrogen-bond donors (Lipinski definition) is 0. The lowest BCUT2D eigenvalue weighted by atomic mass is 10.1. The van der Waals surface area contributed by atoms with Crippen LogP contribution in [-0.2, 0) is 27.8 Å². The van der Waals surface area contributed by atoms with Crippen LogP contribution in [0.1, 0.15) is 23.3 Å². The summed E-state index contributed by atoms with van der Waals surface area (Å²) in [6, 6.07) is 9.88. The summed E-state index contributed by atoms with van der Waals surface area (Å²) in [6.45, 7) is 1.67. The van der Waals surface area contributed by atoms with Crippen LogP contribution < -0.4 is 0 Å². The Morgan fingerprint density at radius 2 is 1.92 bits per heavy atom. The summed E-state index contributed by atoms with van der Waals surface area (Å²) in [7, 11) is -3.63. The molecule has 25 heavy (non-hydrogen) atoms. The predicted octanol–water partition coefficient (Wildman–Crippen LogP) is 2.49. The molecule has 0 saturated carbocycles. The molecule has 7 heteroatoms. The number of carbonyl (C=O) groups excluding carboxylic acids is 1. The van der Waals surface area contributed by atoms with E-state index >= 15 is 0 Å². The van der Waals surface area contributed by atoms with Gasteiger partial charge in [0.1, 0.15) is 6.04 Å². The van der Waals surface area contributed by atoms with E-state index in [-0.39, 0.29) is 10.8 Å². The molecule has 0 radical (unpaired) electrons. The molecule has 1 amide bonds. The van der Waals surface area contributed by atoms with Crippen LogP contribution in [0, 0.1) is 0 Å². The van der Waals surface area contributed by atoms with E-state index < -0.39 is 16.1 Å². The third-order valence-corrected chi connectivity index (χ3v) is 7.90. The molecule has 1 saturated heterocycles. The Hall–Kier alpha value is -1.70. The van der Waals surface area contributed by atoms with Crippen molar-refractivity contribution in [3.63, 3.8) is 0 Å². The van der Waals surface area contributed by atoms with Crippen LogP contribution in [0.25, 0.3) is 0 Å². The van der Waals surface area contributed by atoms with Crippen molar-refractivity contribution >= 4 is 27.3 Å². The maximum Gasteiger partial charge on any atom is 0.243 e. The highest BCUT2D eigenvalue weighted by Crippen LogP contribution is 2.30. The minimum atomic E-state index is -3.63. The highest BCUT2D eigenvalue weighted by Gasteiger charge is 2.41. The lowest BCUT2D eigenvalue weighted by molar-refractivity contribution is -0.135. The summed E-state index contributed by atoms with van der Waals surface area (Å²) < 4.78 is 27.3. The van der Waals surface area contributed by atoms with E-state index in [0.717, 1.165) is 12.8 Å². The zero-order chi connectivity index (χ0) is 17.4. The molecule has 5 nitrogen and oxygen atoms in total. The largest absolute Gasteiger partial charge is 0.337 e. The number of nitrogens with zero attached hydrogens (tertiary/aromatic N) is 2. The van der Waals surface area contributed by atoms with E-state index in [1.165, 1.54) is 14.7 Å². The molecular weight excluding hydrogens is 356 g/mol. The van der Waals surface area contributed by atoms with Gasteiger partial charge < -0.3 is 4.90 Å². The third kappa shape index (κ3) is 3.01. The number of rotatable bonds is 3. The Balaban J connectivity index is 1.57. The molecule has 1 fully saturated rings. The fourth-order valence-corrected chi connectivity index (χ4v) is 6.21. The molecule has 0 unspecified atom stereocenters. The fraction of sp³-hybridized carbons (Fsp3) is 0.389. The summed E-state index contributed by atoms with van der Waals surface area (Å²) in [4.78, 5) is 16.5. The van der Waals surface area contributed by atoms with E-state index in [2.05, 4.69) is 11.4 Å². The number of benzene rings is 1. The highest BCUT2D eigenvalue weighted by atomic mass is 32.2. The van der Waals surface area contributed by atoms with Crippen LogP contribution in [0.15, 0.2) is 46.7 Å². The van der Waals surface area contributed by atoms with Gasteiger partial charge >= 0.3 is 0 Å². The van der Waals surface area contributed by atoms with Crippen LogP contribution in [0.5, 0.6) is 0 Å². The fourth-order valence-electron chi connectivity index (χ4n) is 3.65. The number of fused-ring (bicyclic) bond motifs is 1. The van der Waals surface area contributed by atoms with E-state index in [0.29, 0.717) is 26.1 Å². The quantitative estimate of drug-likeness (QED) is 0.827. The lowest BCUT2D eigenvalue weighted by Crippen LogP contribution is -2.48. The first-order valence-electron chi connectivity index (χ1n) is 8.48. The van der Waals surface area contributed by atoms with Crippen molar-refractivity contribution in [3.05, 3.63) is 52.2 Å². The molecule has 4 rings (SSSR count). The van der Waals surface area contributed by atoms with Gasteiger partial charge in [0, 0.05) is 24.5 Å². The zero-order valence-electron chi connectivity index (χ0n) is 13.8. The number of carbonyl (C=O) groups is 1. The minimum absolute atomic E-state index is 0.0612. The SMILES string of the molecule is O=C([C@H]1CCCN1S(=O)(=O)c1ccccc1)N1CCc2sccc2C1. The van der Waals surface area contributed by atoms with Gasteiger partial charge in [-0.05, 0) is 48.4 Å². The Kier molecular flexibility index (Phi) is 4.39. The van der Waals surface area contributed by atoms with Crippen molar-refractivity contribution < 1.29 is 13.2 Å². The van der Waals surface area contributed by atoms with E-state index in [9.17, 15) is 13.2 Å². The van der Waals surface area contributed by atoms with Gasteiger partial charge in [-0.2, -0.15) is 4.31 Å². The number of amides is 1. The van der Waals surface area contributed by atoms with Crippen molar-refractivity contribution in [2.24, 2.45) is 0 Å². The van der Waals surface area contributed by atoms with Gasteiger partial charge in [0.25, 0.3) is 0 Å². The summed E-state index contributed by atoms with van der Waals surface area (Å²) in [5.41, 5.74) is 1.19. The molecule has 1 aromatic carbocycles. The molecule has 0 bridgehead atoms. The van der Waals surface area contributed by atoms with E-state index in [1.807, 2.05) is 4.90 Å². The van der Waals surface area contributed by atoms with Crippen LogP contribution >= 0.6 is 11.3 Å². The summed E-state index contributed by atoms with van der Waals surface area (Å²) >= 11 is 1.73. The number of hydrogen-bond acceptors (Lipinski definition) is 4. The van der Waals surface area contributed by atoms with Crippen molar-refractivity contribution in [2.45, 2.75) is 36.7 Å². The smallest absolute Gasteiger partial charge is 0.243 e. The topological polar surface area (TPSA) is 57.7 Å². The summed E-state index contributed by atoms with van der Waals surface area (Å²) in [5.74, 6) is -0.0612.